The molecule has 1 heterocycles. The van der Waals surface area contributed by atoms with Gasteiger partial charge in [-0.25, -0.2) is 0 Å². The van der Waals surface area contributed by atoms with Gasteiger partial charge in [0.15, 0.2) is 0 Å². The molecule has 2 aromatic rings. The smallest absolute Gasteiger partial charge is 0.271 e. The van der Waals surface area contributed by atoms with Gasteiger partial charge < -0.3 is 5.73 Å². The highest BCUT2D eigenvalue weighted by Gasteiger charge is 2.14. The molecule has 0 saturated carbocycles. The topological polar surface area (TPSA) is 106 Å². The van der Waals surface area contributed by atoms with Gasteiger partial charge in [0.25, 0.3) is 5.69 Å². The fraction of sp³-hybridized carbons (Fsp3) is 0. The molecule has 1 aromatic heterocycles. The number of nitrogens with zero attached hydrogens (tertiary/aromatic N) is 3. The van der Waals surface area contributed by atoms with E-state index in [-0.39, 0.29) is 22.0 Å². The Kier molecular flexibility index (Phi) is 4.16. The number of hydrogen-bond donors (Lipinski definition) is 1. The molecule has 0 amide bonds. The summed E-state index contributed by atoms with van der Waals surface area (Å²) in [5.41, 5.74) is 7.01. The van der Waals surface area contributed by atoms with Crippen LogP contribution in [0.5, 0.6) is 0 Å². The lowest BCUT2D eigenvalue weighted by molar-refractivity contribution is -0.384. The predicted octanol–water partition coefficient (Wildman–Crippen LogP) is 2.99. The summed E-state index contributed by atoms with van der Waals surface area (Å²) in [7, 11) is 0. The second kappa shape index (κ2) is 6.03. The van der Waals surface area contributed by atoms with Gasteiger partial charge in [-0.3, -0.25) is 15.1 Å². The number of benzene rings is 1. The number of nitriles is 1. The lowest BCUT2D eigenvalue weighted by Crippen LogP contribution is -2.02. The molecule has 0 atom stereocenters. The van der Waals surface area contributed by atoms with E-state index in [9.17, 15) is 15.4 Å². The average molecular weight is 301 g/mol. The van der Waals surface area contributed by atoms with Crippen LogP contribution in [0.4, 0.5) is 5.69 Å². The van der Waals surface area contributed by atoms with Crippen molar-refractivity contribution in [3.63, 3.8) is 0 Å². The zero-order valence-electron chi connectivity index (χ0n) is 10.7. The fourth-order valence-corrected chi connectivity index (χ4v) is 2.01. The quantitative estimate of drug-likeness (QED) is 0.533. The summed E-state index contributed by atoms with van der Waals surface area (Å²) in [6, 6.07) is 9.23. The standard InChI is InChI=1S/C14H9ClN4O2/c15-11-5-10(6-12(7-11)19(20)21)14(17)13(8-16)9-1-3-18-4-2-9/h1-7H,17H2/b14-13-. The molecule has 1 aromatic carbocycles. The third-order valence-electron chi connectivity index (χ3n) is 2.75. The molecule has 0 bridgehead atoms. The van der Waals surface area contributed by atoms with Crippen molar-refractivity contribution in [3.8, 4) is 6.07 Å². The first-order chi connectivity index (χ1) is 10.0. The van der Waals surface area contributed by atoms with Gasteiger partial charge in [0.1, 0.15) is 6.07 Å². The second-order valence-electron chi connectivity index (χ2n) is 4.09. The second-order valence-corrected chi connectivity index (χ2v) is 4.53. The Hall–Kier alpha value is -2.91. The van der Waals surface area contributed by atoms with Gasteiger partial charge >= 0.3 is 0 Å². The lowest BCUT2D eigenvalue weighted by atomic mass is 10.0. The fourth-order valence-electron chi connectivity index (χ4n) is 1.78. The summed E-state index contributed by atoms with van der Waals surface area (Å²) in [5.74, 6) is 0. The van der Waals surface area contributed by atoms with Gasteiger partial charge in [0.05, 0.1) is 16.2 Å². The molecule has 104 valence electrons. The summed E-state index contributed by atoms with van der Waals surface area (Å²) in [6.45, 7) is 0. The molecular formula is C14H9ClN4O2. The maximum atomic E-state index is 10.9. The van der Waals surface area contributed by atoms with Crippen molar-refractivity contribution in [1.29, 1.82) is 5.26 Å². The number of non-ortho nitro benzene ring substituents is 1. The molecule has 0 saturated heterocycles. The highest BCUT2D eigenvalue weighted by atomic mass is 35.5. The summed E-state index contributed by atoms with van der Waals surface area (Å²) < 4.78 is 0. The molecule has 0 spiro atoms. The molecule has 2 rings (SSSR count). The van der Waals surface area contributed by atoms with Gasteiger partial charge in [0, 0.05) is 35.1 Å². The number of pyridine rings is 1. The van der Waals surface area contributed by atoms with E-state index in [4.69, 9.17) is 17.3 Å². The monoisotopic (exact) mass is 300 g/mol. The minimum atomic E-state index is -0.568. The van der Waals surface area contributed by atoms with E-state index in [0.29, 0.717) is 11.1 Å². The molecular weight excluding hydrogens is 292 g/mol. The van der Waals surface area contributed by atoms with Crippen molar-refractivity contribution in [2.45, 2.75) is 0 Å². The van der Waals surface area contributed by atoms with E-state index in [1.807, 2.05) is 6.07 Å². The maximum absolute atomic E-state index is 10.9. The molecule has 0 radical (unpaired) electrons. The maximum Gasteiger partial charge on any atom is 0.271 e. The first kappa shape index (κ1) is 14.5. The van der Waals surface area contributed by atoms with Crippen LogP contribution in [0.1, 0.15) is 11.1 Å². The van der Waals surface area contributed by atoms with Crippen LogP contribution >= 0.6 is 11.6 Å². The van der Waals surface area contributed by atoms with Crippen molar-refractivity contribution >= 4 is 28.6 Å². The summed E-state index contributed by atoms with van der Waals surface area (Å²) in [5, 5.41) is 20.3. The summed E-state index contributed by atoms with van der Waals surface area (Å²) in [4.78, 5) is 14.1. The number of halogens is 1. The van der Waals surface area contributed by atoms with Crippen LogP contribution in [-0.4, -0.2) is 9.91 Å². The van der Waals surface area contributed by atoms with Crippen LogP contribution in [-0.2, 0) is 0 Å². The molecule has 7 heteroatoms. The van der Waals surface area contributed by atoms with Crippen LogP contribution in [0.2, 0.25) is 5.02 Å². The largest absolute Gasteiger partial charge is 0.397 e. The van der Waals surface area contributed by atoms with Crippen LogP contribution in [0, 0.1) is 21.4 Å². The Morgan fingerprint density at radius 2 is 1.95 bits per heavy atom. The Morgan fingerprint density at radius 3 is 2.52 bits per heavy atom. The number of aromatic nitrogens is 1. The van der Waals surface area contributed by atoms with E-state index < -0.39 is 4.92 Å². The molecule has 0 fully saturated rings. The molecule has 6 nitrogen and oxygen atoms in total. The van der Waals surface area contributed by atoms with Crippen molar-refractivity contribution in [3.05, 3.63) is 69.0 Å². The third kappa shape index (κ3) is 3.16. The molecule has 21 heavy (non-hydrogen) atoms. The number of hydrogen-bond acceptors (Lipinski definition) is 5. The Morgan fingerprint density at radius 1 is 1.29 bits per heavy atom. The van der Waals surface area contributed by atoms with Gasteiger partial charge in [-0.1, -0.05) is 11.6 Å². The molecule has 0 aliphatic rings. The van der Waals surface area contributed by atoms with Crippen molar-refractivity contribution in [2.75, 3.05) is 0 Å². The SMILES string of the molecule is N#C/C(=C(/N)c1cc(Cl)cc([N+](=O)[O-])c1)c1ccncc1. The Balaban J connectivity index is 2.61. The Bertz CT molecular complexity index is 766. The minimum absolute atomic E-state index is 0.120. The van der Waals surface area contributed by atoms with Gasteiger partial charge in [-0.15, -0.1) is 0 Å². The molecule has 2 N–H and O–H groups in total. The van der Waals surface area contributed by atoms with Gasteiger partial charge in [-0.2, -0.15) is 5.26 Å². The lowest BCUT2D eigenvalue weighted by Gasteiger charge is -2.07. The number of nitro groups is 1. The van der Waals surface area contributed by atoms with Crippen molar-refractivity contribution in [2.24, 2.45) is 5.73 Å². The average Bonchev–Trinajstić information content (AvgIpc) is 2.48. The third-order valence-corrected chi connectivity index (χ3v) is 2.97. The van der Waals surface area contributed by atoms with E-state index in [0.717, 1.165) is 0 Å². The molecule has 0 aliphatic heterocycles. The highest BCUT2D eigenvalue weighted by Crippen LogP contribution is 2.27. The molecule has 0 unspecified atom stereocenters. The van der Waals surface area contributed by atoms with Gasteiger partial charge in [-0.05, 0) is 23.8 Å². The van der Waals surface area contributed by atoms with Gasteiger partial charge in [0.2, 0.25) is 0 Å². The minimum Gasteiger partial charge on any atom is -0.397 e. The van der Waals surface area contributed by atoms with E-state index >= 15 is 0 Å². The number of rotatable bonds is 3. The number of nitro benzene ring substituents is 1. The first-order valence-corrected chi connectivity index (χ1v) is 6.16. The first-order valence-electron chi connectivity index (χ1n) is 5.78. The summed E-state index contributed by atoms with van der Waals surface area (Å²) >= 11 is 5.86. The number of nitrogens with two attached hydrogens (primary N) is 1. The van der Waals surface area contributed by atoms with E-state index in [1.54, 1.807) is 12.1 Å². The highest BCUT2D eigenvalue weighted by molar-refractivity contribution is 6.31. The van der Waals surface area contributed by atoms with Crippen molar-refractivity contribution in [1.82, 2.24) is 4.98 Å². The predicted molar refractivity (Wildman–Crippen MR) is 79.0 cm³/mol. The molecule has 0 aliphatic carbocycles. The normalized spacial score (nSPS) is 11.4. The van der Waals surface area contributed by atoms with Crippen molar-refractivity contribution < 1.29 is 4.92 Å². The van der Waals surface area contributed by atoms with E-state index in [1.165, 1.54) is 30.6 Å². The Labute approximate surface area is 125 Å². The van der Waals surface area contributed by atoms with Crippen LogP contribution in [0.25, 0.3) is 11.3 Å². The van der Waals surface area contributed by atoms with E-state index in [2.05, 4.69) is 4.98 Å². The summed E-state index contributed by atoms with van der Waals surface area (Å²) in [6.07, 6.45) is 3.06. The zero-order valence-corrected chi connectivity index (χ0v) is 11.4. The van der Waals surface area contributed by atoms with Crippen LogP contribution < -0.4 is 5.73 Å². The number of allylic oxidation sites excluding steroid dienone is 1. The zero-order chi connectivity index (χ0) is 15.4. The van der Waals surface area contributed by atoms with Crippen LogP contribution in [0.3, 0.4) is 0 Å². The van der Waals surface area contributed by atoms with Crippen LogP contribution in [0.15, 0.2) is 42.7 Å².